The van der Waals surface area contributed by atoms with Gasteiger partial charge in [-0.05, 0) is 62.9 Å². The molecule has 1 fully saturated rings. The lowest BCUT2D eigenvalue weighted by atomic mass is 9.82. The molecule has 27 heavy (non-hydrogen) atoms. The molecule has 0 unspecified atom stereocenters. The SMILES string of the molecule is CN(C)C1CCC(C(=O)Cc2cc3cc(-c4cn[nH]c4)ccc3cn2)CC1. The Balaban J connectivity index is 1.48. The minimum Gasteiger partial charge on any atom is -0.306 e. The number of H-pyrrole nitrogens is 1. The number of aromatic nitrogens is 3. The third-order valence-corrected chi connectivity index (χ3v) is 5.85. The van der Waals surface area contributed by atoms with Gasteiger partial charge in [0.25, 0.3) is 0 Å². The Morgan fingerprint density at radius 3 is 2.59 bits per heavy atom. The largest absolute Gasteiger partial charge is 0.306 e. The summed E-state index contributed by atoms with van der Waals surface area (Å²) < 4.78 is 0. The molecular formula is C22H26N4O. The van der Waals surface area contributed by atoms with Gasteiger partial charge in [0.05, 0.1) is 6.20 Å². The van der Waals surface area contributed by atoms with Crippen LogP contribution in [0.3, 0.4) is 0 Å². The zero-order valence-corrected chi connectivity index (χ0v) is 16.0. The molecule has 4 rings (SSSR count). The van der Waals surface area contributed by atoms with Crippen LogP contribution >= 0.6 is 0 Å². The number of ketones is 1. The van der Waals surface area contributed by atoms with Crippen molar-refractivity contribution in [3.63, 3.8) is 0 Å². The number of rotatable bonds is 5. The molecule has 1 aliphatic rings. The van der Waals surface area contributed by atoms with E-state index in [4.69, 9.17) is 0 Å². The second kappa shape index (κ2) is 7.61. The van der Waals surface area contributed by atoms with E-state index in [-0.39, 0.29) is 5.92 Å². The molecule has 1 saturated carbocycles. The van der Waals surface area contributed by atoms with Gasteiger partial charge in [-0.1, -0.05) is 12.1 Å². The lowest BCUT2D eigenvalue weighted by Crippen LogP contribution is -2.34. The zero-order valence-electron chi connectivity index (χ0n) is 16.0. The molecule has 1 aromatic carbocycles. The number of hydrogen-bond acceptors (Lipinski definition) is 4. The highest BCUT2D eigenvalue weighted by molar-refractivity contribution is 5.88. The van der Waals surface area contributed by atoms with Crippen LogP contribution in [0.4, 0.5) is 0 Å². The highest BCUT2D eigenvalue weighted by Gasteiger charge is 2.27. The van der Waals surface area contributed by atoms with Crippen molar-refractivity contribution in [2.24, 2.45) is 5.92 Å². The molecule has 1 aliphatic carbocycles. The number of nitrogens with zero attached hydrogens (tertiary/aromatic N) is 3. The molecule has 0 amide bonds. The molecule has 0 radical (unpaired) electrons. The van der Waals surface area contributed by atoms with E-state index in [2.05, 4.69) is 58.4 Å². The van der Waals surface area contributed by atoms with Crippen molar-refractivity contribution < 1.29 is 4.79 Å². The van der Waals surface area contributed by atoms with Crippen molar-refractivity contribution in [1.82, 2.24) is 20.1 Å². The maximum atomic E-state index is 12.8. The first-order valence-electron chi connectivity index (χ1n) is 9.67. The van der Waals surface area contributed by atoms with Gasteiger partial charge in [0.15, 0.2) is 0 Å². The number of Topliss-reactive ketones (excluding diaryl/α,β-unsaturated/α-hetero) is 1. The normalized spacial score (nSPS) is 20.3. The minimum absolute atomic E-state index is 0.191. The van der Waals surface area contributed by atoms with Crippen molar-refractivity contribution >= 4 is 16.6 Å². The zero-order chi connectivity index (χ0) is 18.8. The first kappa shape index (κ1) is 17.9. The van der Waals surface area contributed by atoms with Gasteiger partial charge in [-0.25, -0.2) is 0 Å². The van der Waals surface area contributed by atoms with Gasteiger partial charge in [0, 0.05) is 47.4 Å². The fraction of sp³-hybridized carbons (Fsp3) is 0.409. The Kier molecular flexibility index (Phi) is 5.03. The molecule has 3 aromatic rings. The highest BCUT2D eigenvalue weighted by Crippen LogP contribution is 2.29. The molecule has 0 aliphatic heterocycles. The summed E-state index contributed by atoms with van der Waals surface area (Å²) in [5, 5.41) is 9.07. The summed E-state index contributed by atoms with van der Waals surface area (Å²) in [6.07, 6.45) is 10.2. The lowest BCUT2D eigenvalue weighted by molar-refractivity contribution is -0.123. The van der Waals surface area contributed by atoms with Gasteiger partial charge >= 0.3 is 0 Å². The fourth-order valence-electron chi connectivity index (χ4n) is 4.11. The maximum Gasteiger partial charge on any atom is 0.141 e. The molecule has 5 heteroatoms. The van der Waals surface area contributed by atoms with Crippen LogP contribution < -0.4 is 0 Å². The summed E-state index contributed by atoms with van der Waals surface area (Å²) in [6, 6.07) is 8.96. The molecule has 1 N–H and O–H groups in total. The number of pyridine rings is 1. The van der Waals surface area contributed by atoms with E-state index < -0.39 is 0 Å². The van der Waals surface area contributed by atoms with E-state index in [0.29, 0.717) is 18.2 Å². The third kappa shape index (κ3) is 3.93. The third-order valence-electron chi connectivity index (χ3n) is 5.85. The van der Waals surface area contributed by atoms with Crippen LogP contribution in [-0.2, 0) is 11.2 Å². The fourth-order valence-corrected chi connectivity index (χ4v) is 4.11. The molecular weight excluding hydrogens is 336 g/mol. The number of carbonyl (C=O) groups is 1. The Morgan fingerprint density at radius 1 is 1.07 bits per heavy atom. The Labute approximate surface area is 159 Å². The molecule has 0 bridgehead atoms. The molecule has 2 aromatic heterocycles. The molecule has 2 heterocycles. The van der Waals surface area contributed by atoms with E-state index in [1.165, 1.54) is 0 Å². The second-order valence-electron chi connectivity index (χ2n) is 7.84. The summed E-state index contributed by atoms with van der Waals surface area (Å²) in [5.41, 5.74) is 3.04. The number of benzene rings is 1. The first-order chi connectivity index (χ1) is 13.1. The van der Waals surface area contributed by atoms with Gasteiger partial charge in [0.1, 0.15) is 5.78 Å². The quantitative estimate of drug-likeness (QED) is 0.749. The number of hydrogen-bond donors (Lipinski definition) is 1. The van der Waals surface area contributed by atoms with E-state index in [1.807, 2.05) is 18.6 Å². The Morgan fingerprint density at radius 2 is 1.89 bits per heavy atom. The minimum atomic E-state index is 0.191. The number of nitrogens with one attached hydrogen (secondary N) is 1. The maximum absolute atomic E-state index is 12.8. The molecule has 5 nitrogen and oxygen atoms in total. The van der Waals surface area contributed by atoms with Crippen molar-refractivity contribution in [3.05, 3.63) is 48.5 Å². The van der Waals surface area contributed by atoms with Crippen molar-refractivity contribution in [2.45, 2.75) is 38.1 Å². The molecule has 0 saturated heterocycles. The highest BCUT2D eigenvalue weighted by atomic mass is 16.1. The van der Waals surface area contributed by atoms with Gasteiger partial charge in [0.2, 0.25) is 0 Å². The van der Waals surface area contributed by atoms with E-state index in [0.717, 1.165) is 53.3 Å². The summed E-state index contributed by atoms with van der Waals surface area (Å²) in [5.74, 6) is 0.529. The van der Waals surface area contributed by atoms with Crippen LogP contribution in [0.15, 0.2) is 42.9 Å². The predicted molar refractivity (Wildman–Crippen MR) is 107 cm³/mol. The molecule has 140 valence electrons. The Hall–Kier alpha value is -2.53. The molecule has 0 spiro atoms. The second-order valence-corrected chi connectivity index (χ2v) is 7.84. The van der Waals surface area contributed by atoms with E-state index in [1.54, 1.807) is 0 Å². The first-order valence-corrected chi connectivity index (χ1v) is 9.67. The molecule has 0 atom stereocenters. The standard InChI is InChI=1S/C22H26N4O/c1-26(2)21-7-5-15(6-8-21)22(27)11-20-10-18-9-16(19-13-24-25-14-19)3-4-17(18)12-23-20/h3-4,9-10,12-15,21H,5-8,11H2,1-2H3,(H,24,25). The smallest absolute Gasteiger partial charge is 0.141 e. The van der Waals surface area contributed by atoms with Crippen LogP contribution in [0.2, 0.25) is 0 Å². The van der Waals surface area contributed by atoms with E-state index in [9.17, 15) is 4.79 Å². The Bertz CT molecular complexity index is 925. The van der Waals surface area contributed by atoms with Gasteiger partial charge in [-0.2, -0.15) is 5.10 Å². The number of aromatic amines is 1. The van der Waals surface area contributed by atoms with Crippen molar-refractivity contribution in [2.75, 3.05) is 14.1 Å². The topological polar surface area (TPSA) is 61.9 Å². The summed E-state index contributed by atoms with van der Waals surface area (Å²) in [4.78, 5) is 19.6. The average molecular weight is 362 g/mol. The van der Waals surface area contributed by atoms with Crippen LogP contribution in [-0.4, -0.2) is 46.0 Å². The predicted octanol–water partition coefficient (Wildman–Crippen LogP) is 3.86. The van der Waals surface area contributed by atoms with Crippen LogP contribution in [0.1, 0.15) is 31.4 Å². The van der Waals surface area contributed by atoms with Crippen molar-refractivity contribution in [1.29, 1.82) is 0 Å². The number of carbonyl (C=O) groups excluding carboxylic acids is 1. The number of fused-ring (bicyclic) bond motifs is 1. The summed E-state index contributed by atoms with van der Waals surface area (Å²) in [7, 11) is 4.26. The monoisotopic (exact) mass is 362 g/mol. The van der Waals surface area contributed by atoms with Crippen LogP contribution in [0.5, 0.6) is 0 Å². The van der Waals surface area contributed by atoms with Crippen LogP contribution in [0, 0.1) is 5.92 Å². The van der Waals surface area contributed by atoms with E-state index >= 15 is 0 Å². The van der Waals surface area contributed by atoms with Crippen LogP contribution in [0.25, 0.3) is 21.9 Å². The van der Waals surface area contributed by atoms with Gasteiger partial charge in [-0.3, -0.25) is 14.9 Å². The summed E-state index contributed by atoms with van der Waals surface area (Å²) in [6.45, 7) is 0. The van der Waals surface area contributed by atoms with Gasteiger partial charge < -0.3 is 4.90 Å². The van der Waals surface area contributed by atoms with Crippen molar-refractivity contribution in [3.8, 4) is 11.1 Å². The summed E-state index contributed by atoms with van der Waals surface area (Å²) >= 11 is 0. The average Bonchev–Trinajstić information content (AvgIpc) is 3.22. The van der Waals surface area contributed by atoms with Gasteiger partial charge in [-0.15, -0.1) is 0 Å². The lowest BCUT2D eigenvalue weighted by Gasteiger charge is -2.31.